The summed E-state index contributed by atoms with van der Waals surface area (Å²) in [6, 6.07) is 1.66. The standard InChI is InChI=1S/C15H22BrN4O3P/c1-24(2,3)7-5-9-11(21)12(22)14(23-9)20-13-10(19-15(20)16)8(17)4-6-18-13/h4,6,9,11-12,14,21-22H,1,5,7H2,2-3H3,(H2,17,18)/t9?,11-,12-,14?/m1/s1. The van der Waals surface area contributed by atoms with E-state index in [-0.39, 0.29) is 0 Å². The summed E-state index contributed by atoms with van der Waals surface area (Å²) in [6.07, 6.45) is 4.02. The molecule has 0 aromatic carbocycles. The zero-order chi connectivity index (χ0) is 17.6. The summed E-state index contributed by atoms with van der Waals surface area (Å²) in [5.41, 5.74) is 7.46. The van der Waals surface area contributed by atoms with Crippen LogP contribution in [0.4, 0.5) is 5.69 Å². The van der Waals surface area contributed by atoms with Gasteiger partial charge in [-0.15, -0.1) is 13.2 Å². The molecule has 1 aliphatic heterocycles. The summed E-state index contributed by atoms with van der Waals surface area (Å²) in [5, 5.41) is 20.8. The van der Waals surface area contributed by atoms with E-state index < -0.39 is 31.4 Å². The molecule has 1 saturated heterocycles. The molecule has 2 aromatic heterocycles. The minimum atomic E-state index is -1.23. The predicted molar refractivity (Wildman–Crippen MR) is 101 cm³/mol. The van der Waals surface area contributed by atoms with E-state index in [1.165, 1.54) is 0 Å². The van der Waals surface area contributed by atoms with Crippen molar-refractivity contribution in [3.63, 3.8) is 0 Å². The van der Waals surface area contributed by atoms with E-state index in [9.17, 15) is 10.2 Å². The number of halogens is 1. The maximum Gasteiger partial charge on any atom is 0.181 e. The minimum absolute atomic E-state index is 0.448. The molecule has 0 spiro atoms. The van der Waals surface area contributed by atoms with Crippen molar-refractivity contribution in [1.82, 2.24) is 14.5 Å². The number of hydrogen-bond donors (Lipinski definition) is 3. The second kappa shape index (κ2) is 6.42. The number of nitrogens with zero attached hydrogens (tertiary/aromatic N) is 3. The van der Waals surface area contributed by atoms with Gasteiger partial charge in [0.2, 0.25) is 0 Å². The van der Waals surface area contributed by atoms with Gasteiger partial charge in [-0.3, -0.25) is 4.57 Å². The summed E-state index contributed by atoms with van der Waals surface area (Å²) in [7, 11) is 0. The molecule has 4 atom stereocenters. The normalized spacial score (nSPS) is 27.9. The Kier molecular flexibility index (Phi) is 4.79. The van der Waals surface area contributed by atoms with Crippen LogP contribution in [0.5, 0.6) is 0 Å². The van der Waals surface area contributed by atoms with Crippen molar-refractivity contribution in [2.45, 2.75) is 31.0 Å². The van der Waals surface area contributed by atoms with Crippen LogP contribution in [-0.4, -0.2) is 68.9 Å². The number of aliphatic hydroxyl groups excluding tert-OH is 2. The van der Waals surface area contributed by atoms with E-state index in [2.05, 4.69) is 45.5 Å². The molecular formula is C15H22BrN4O3P. The first-order valence-corrected chi connectivity index (χ1v) is 11.5. The third-order valence-electron chi connectivity index (χ3n) is 4.18. The van der Waals surface area contributed by atoms with Crippen molar-refractivity contribution >= 4 is 46.0 Å². The van der Waals surface area contributed by atoms with Crippen LogP contribution in [0.1, 0.15) is 12.6 Å². The summed E-state index contributed by atoms with van der Waals surface area (Å²) < 4.78 is 8.03. The van der Waals surface area contributed by atoms with Gasteiger partial charge in [-0.1, -0.05) is 0 Å². The van der Waals surface area contributed by atoms with Gasteiger partial charge in [0, 0.05) is 6.20 Å². The fourth-order valence-electron chi connectivity index (χ4n) is 2.87. The highest BCUT2D eigenvalue weighted by Crippen LogP contribution is 2.40. The smallest absolute Gasteiger partial charge is 0.181 e. The number of imidazole rings is 1. The molecule has 4 N–H and O–H groups in total. The number of anilines is 1. The number of aromatic nitrogens is 3. The van der Waals surface area contributed by atoms with Crippen molar-refractivity contribution in [1.29, 1.82) is 0 Å². The molecular weight excluding hydrogens is 395 g/mol. The van der Waals surface area contributed by atoms with E-state index in [4.69, 9.17) is 10.5 Å². The Morgan fingerprint density at radius 3 is 2.79 bits per heavy atom. The second-order valence-corrected chi connectivity index (χ2v) is 11.8. The summed E-state index contributed by atoms with van der Waals surface area (Å²) >= 11 is 3.37. The van der Waals surface area contributed by atoms with E-state index in [1.54, 1.807) is 16.8 Å². The maximum atomic E-state index is 10.5. The quantitative estimate of drug-likeness (QED) is 0.651. The lowest BCUT2D eigenvalue weighted by atomic mass is 10.1. The topological polar surface area (TPSA) is 106 Å². The average Bonchev–Trinajstić information content (AvgIpc) is 2.96. The Bertz CT molecular complexity index is 805. The third-order valence-corrected chi connectivity index (χ3v) is 6.21. The van der Waals surface area contributed by atoms with E-state index in [1.807, 2.05) is 0 Å². The molecule has 0 saturated carbocycles. The number of hydrogen-bond acceptors (Lipinski definition) is 6. The lowest BCUT2D eigenvalue weighted by Crippen LogP contribution is -2.32. The molecule has 2 unspecified atom stereocenters. The lowest BCUT2D eigenvalue weighted by Gasteiger charge is -2.19. The molecule has 3 rings (SSSR count). The SMILES string of the molecule is C=P(C)(C)CCC1OC(n2c(Br)nc3c(N)ccnc32)[C@H](O)[C@@H]1O. The first-order valence-electron chi connectivity index (χ1n) is 7.66. The van der Waals surface area contributed by atoms with Crippen LogP contribution in [0.25, 0.3) is 11.2 Å². The number of ether oxygens (including phenoxy) is 1. The molecule has 2 aromatic rings. The van der Waals surface area contributed by atoms with Crippen LogP contribution >= 0.6 is 22.8 Å². The predicted octanol–water partition coefficient (Wildman–Crippen LogP) is 1.49. The van der Waals surface area contributed by atoms with Crippen LogP contribution in [0, 0.1) is 0 Å². The van der Waals surface area contributed by atoms with Gasteiger partial charge in [0.05, 0.1) is 11.8 Å². The number of aliphatic hydroxyl groups is 2. The van der Waals surface area contributed by atoms with Gasteiger partial charge >= 0.3 is 0 Å². The molecule has 24 heavy (non-hydrogen) atoms. The van der Waals surface area contributed by atoms with Crippen LogP contribution in [0.2, 0.25) is 0 Å². The van der Waals surface area contributed by atoms with Gasteiger partial charge in [0.15, 0.2) is 16.6 Å². The number of rotatable bonds is 4. The zero-order valence-corrected chi connectivity index (χ0v) is 16.1. The van der Waals surface area contributed by atoms with Crippen LogP contribution in [0.15, 0.2) is 17.0 Å². The fraction of sp³-hybridized carbons (Fsp3) is 0.533. The zero-order valence-electron chi connectivity index (χ0n) is 13.6. The van der Waals surface area contributed by atoms with E-state index in [0.29, 0.717) is 28.0 Å². The van der Waals surface area contributed by atoms with Crippen molar-refractivity contribution in [3.8, 4) is 0 Å². The van der Waals surface area contributed by atoms with Gasteiger partial charge in [-0.2, -0.15) is 0 Å². The lowest BCUT2D eigenvalue weighted by molar-refractivity contribution is -0.0365. The molecule has 0 radical (unpaired) electrons. The molecule has 1 aliphatic rings. The second-order valence-electron chi connectivity index (χ2n) is 6.82. The summed E-state index contributed by atoms with van der Waals surface area (Å²) in [6.45, 7) is 3.04. The molecule has 0 bridgehead atoms. The number of pyridine rings is 1. The Hall–Kier alpha value is -0.920. The molecule has 3 heterocycles. The van der Waals surface area contributed by atoms with Gasteiger partial charge < -0.3 is 20.7 Å². The molecule has 9 heteroatoms. The Morgan fingerprint density at radius 2 is 2.12 bits per heavy atom. The summed E-state index contributed by atoms with van der Waals surface area (Å²) in [5.74, 6) is 0. The molecule has 7 nitrogen and oxygen atoms in total. The Morgan fingerprint density at radius 1 is 1.42 bits per heavy atom. The monoisotopic (exact) mass is 416 g/mol. The number of fused-ring (bicyclic) bond motifs is 1. The van der Waals surface area contributed by atoms with Crippen molar-refractivity contribution in [2.75, 3.05) is 25.2 Å². The maximum absolute atomic E-state index is 10.5. The van der Waals surface area contributed by atoms with Gasteiger partial charge in [-0.05, 0) is 47.9 Å². The largest absolute Gasteiger partial charge is 0.397 e. The Balaban J connectivity index is 1.92. The third kappa shape index (κ3) is 3.26. The van der Waals surface area contributed by atoms with Gasteiger partial charge in [0.25, 0.3) is 0 Å². The van der Waals surface area contributed by atoms with Crippen molar-refractivity contribution < 1.29 is 14.9 Å². The highest BCUT2D eigenvalue weighted by molar-refractivity contribution is 9.10. The minimum Gasteiger partial charge on any atom is -0.397 e. The van der Waals surface area contributed by atoms with Gasteiger partial charge in [-0.25, -0.2) is 9.97 Å². The van der Waals surface area contributed by atoms with Crippen LogP contribution in [-0.2, 0) is 4.74 Å². The first kappa shape index (κ1) is 17.9. The average molecular weight is 417 g/mol. The van der Waals surface area contributed by atoms with Gasteiger partial charge in [0.1, 0.15) is 17.7 Å². The molecule has 0 amide bonds. The molecule has 1 fully saturated rings. The molecule has 132 valence electrons. The van der Waals surface area contributed by atoms with Crippen LogP contribution in [0.3, 0.4) is 0 Å². The first-order chi connectivity index (χ1) is 11.2. The molecule has 0 aliphatic carbocycles. The van der Waals surface area contributed by atoms with E-state index in [0.717, 1.165) is 6.16 Å². The van der Waals surface area contributed by atoms with Crippen molar-refractivity contribution in [2.24, 2.45) is 0 Å². The number of nitrogen functional groups attached to an aromatic ring is 1. The fourth-order valence-corrected chi connectivity index (χ4v) is 4.37. The van der Waals surface area contributed by atoms with Crippen molar-refractivity contribution in [3.05, 3.63) is 17.0 Å². The highest BCUT2D eigenvalue weighted by atomic mass is 79.9. The van der Waals surface area contributed by atoms with Crippen LogP contribution < -0.4 is 5.73 Å². The summed E-state index contributed by atoms with van der Waals surface area (Å²) in [4.78, 5) is 8.63. The van der Waals surface area contributed by atoms with E-state index >= 15 is 0 Å². The highest BCUT2D eigenvalue weighted by Gasteiger charge is 2.44. The number of nitrogens with two attached hydrogens (primary N) is 1. The Labute approximate surface area is 149 Å².